The van der Waals surface area contributed by atoms with Crippen molar-refractivity contribution in [2.45, 2.75) is 57.2 Å². The third-order valence-corrected chi connectivity index (χ3v) is 5.52. The van der Waals surface area contributed by atoms with Gasteiger partial charge in [0.25, 0.3) is 11.6 Å². The minimum atomic E-state index is -4.53. The maximum atomic E-state index is 13.7. The Morgan fingerprint density at radius 2 is 2.14 bits per heavy atom. The van der Waals surface area contributed by atoms with E-state index in [2.05, 4.69) is 10.1 Å². The van der Waals surface area contributed by atoms with Crippen LogP contribution < -0.4 is 0 Å². The third kappa shape index (κ3) is 3.47. The van der Waals surface area contributed by atoms with Gasteiger partial charge in [-0.05, 0) is 38.2 Å². The van der Waals surface area contributed by atoms with Gasteiger partial charge in [0.05, 0.1) is 16.6 Å². The van der Waals surface area contributed by atoms with Crippen LogP contribution >= 0.6 is 0 Å². The fourth-order valence-electron chi connectivity index (χ4n) is 4.08. The number of hydrogen-bond acceptors (Lipinski definition) is 5. The molecule has 2 aromatic heterocycles. The van der Waals surface area contributed by atoms with Crippen LogP contribution in [0.3, 0.4) is 0 Å². The molecule has 152 valence electrons. The largest absolute Gasteiger partial charge is 0.417 e. The maximum Gasteiger partial charge on any atom is 0.417 e. The molecule has 2 aliphatic heterocycles. The van der Waals surface area contributed by atoms with Crippen LogP contribution in [0.1, 0.15) is 55.5 Å². The van der Waals surface area contributed by atoms with E-state index in [1.165, 1.54) is 0 Å². The van der Waals surface area contributed by atoms with Crippen molar-refractivity contribution < 1.29 is 27.2 Å². The predicted octanol–water partition coefficient (Wildman–Crippen LogP) is 3.69. The third-order valence-electron chi connectivity index (χ3n) is 5.52. The molecule has 0 unspecified atom stereocenters. The number of fused-ring (bicyclic) bond motifs is 1. The summed E-state index contributed by atoms with van der Waals surface area (Å²) < 4.78 is 51.7. The zero-order valence-electron chi connectivity index (χ0n) is 15.6. The van der Waals surface area contributed by atoms with Gasteiger partial charge in [0.1, 0.15) is 6.10 Å². The van der Waals surface area contributed by atoms with E-state index in [0.29, 0.717) is 51.1 Å². The Hall–Kier alpha value is -2.16. The Morgan fingerprint density at radius 3 is 2.82 bits per heavy atom. The summed E-state index contributed by atoms with van der Waals surface area (Å²) in [6.07, 6.45) is -1.73. The monoisotopic (exact) mass is 397 g/mol. The number of carbonyl (C=O) groups excluding carboxylic acids is 1. The van der Waals surface area contributed by atoms with Crippen molar-refractivity contribution >= 4 is 17.0 Å². The van der Waals surface area contributed by atoms with E-state index < -0.39 is 17.8 Å². The molecule has 0 saturated carbocycles. The minimum Gasteiger partial charge on any atom is -0.368 e. The maximum absolute atomic E-state index is 13.7. The normalized spacial score (nSPS) is 23.5. The Labute approximate surface area is 160 Å². The van der Waals surface area contributed by atoms with E-state index in [9.17, 15) is 18.0 Å². The molecule has 2 aliphatic rings. The van der Waals surface area contributed by atoms with Crippen molar-refractivity contribution in [3.8, 4) is 0 Å². The number of likely N-dealkylation sites (tertiary alicyclic amines) is 1. The zero-order chi connectivity index (χ0) is 19.9. The van der Waals surface area contributed by atoms with Crippen LogP contribution in [0.25, 0.3) is 11.1 Å². The number of ether oxygens (including phenoxy) is 1. The van der Waals surface area contributed by atoms with E-state index in [-0.39, 0.29) is 28.6 Å². The number of aryl methyl sites for hydroxylation is 1. The van der Waals surface area contributed by atoms with Gasteiger partial charge in [-0.25, -0.2) is 4.98 Å². The lowest BCUT2D eigenvalue weighted by Gasteiger charge is -2.33. The number of pyridine rings is 1. The number of hydrogen-bond donors (Lipinski definition) is 0. The molecular weight excluding hydrogens is 375 g/mol. The lowest BCUT2D eigenvalue weighted by Crippen LogP contribution is -2.44. The average molecular weight is 397 g/mol. The molecule has 0 N–H and O–H groups in total. The number of nitrogens with zero attached hydrogens (tertiary/aromatic N) is 3. The highest BCUT2D eigenvalue weighted by Crippen LogP contribution is 2.40. The zero-order valence-corrected chi connectivity index (χ0v) is 15.6. The number of halogens is 3. The van der Waals surface area contributed by atoms with Crippen LogP contribution in [0, 0.1) is 0 Å². The molecule has 0 bridgehead atoms. The van der Waals surface area contributed by atoms with Crippen LogP contribution in [0.5, 0.6) is 0 Å². The molecule has 2 aromatic rings. The first kappa shape index (κ1) is 19.2. The fraction of sp³-hybridized carbons (Fsp3) is 0.632. The fourth-order valence-corrected chi connectivity index (χ4v) is 4.08. The summed E-state index contributed by atoms with van der Waals surface area (Å²) in [5.41, 5.74) is -0.318. The van der Waals surface area contributed by atoms with Gasteiger partial charge in [-0.3, -0.25) is 4.79 Å². The van der Waals surface area contributed by atoms with Gasteiger partial charge in [-0.15, -0.1) is 0 Å². The summed E-state index contributed by atoms with van der Waals surface area (Å²) in [5, 5.41) is 3.87. The number of piperidine rings is 1. The first-order valence-electron chi connectivity index (χ1n) is 9.65. The van der Waals surface area contributed by atoms with E-state index in [0.717, 1.165) is 12.5 Å². The molecule has 0 radical (unpaired) electrons. The highest BCUT2D eigenvalue weighted by molar-refractivity contribution is 5.83. The van der Waals surface area contributed by atoms with Crippen LogP contribution in [0.15, 0.2) is 10.6 Å². The van der Waals surface area contributed by atoms with Gasteiger partial charge in [0.15, 0.2) is 0 Å². The summed E-state index contributed by atoms with van der Waals surface area (Å²) in [6, 6.07) is 1.07. The molecule has 2 atom stereocenters. The summed E-state index contributed by atoms with van der Waals surface area (Å²) in [6.45, 7) is 3.20. The molecule has 28 heavy (non-hydrogen) atoms. The van der Waals surface area contributed by atoms with Crippen LogP contribution in [-0.2, 0) is 22.1 Å². The van der Waals surface area contributed by atoms with Gasteiger partial charge >= 0.3 is 6.18 Å². The molecule has 1 amide bonds. The number of carbonyl (C=O) groups is 1. The minimum absolute atomic E-state index is 0.0823. The van der Waals surface area contributed by atoms with Gasteiger partial charge in [0.2, 0.25) is 0 Å². The molecule has 0 aromatic carbocycles. The topological polar surface area (TPSA) is 68.5 Å². The highest BCUT2D eigenvalue weighted by Gasteiger charge is 2.39. The first-order valence-corrected chi connectivity index (χ1v) is 9.65. The second kappa shape index (κ2) is 7.35. The molecule has 6 nitrogen and oxygen atoms in total. The number of aromatic nitrogens is 2. The second-order valence-corrected chi connectivity index (χ2v) is 7.39. The van der Waals surface area contributed by atoms with E-state index in [4.69, 9.17) is 9.26 Å². The quantitative estimate of drug-likeness (QED) is 0.790. The Morgan fingerprint density at radius 1 is 1.32 bits per heavy atom. The molecular formula is C19H22F3N3O3. The van der Waals surface area contributed by atoms with Crippen LogP contribution in [0.4, 0.5) is 13.2 Å². The Bertz CT molecular complexity index is 874. The Balaban J connectivity index is 1.67. The van der Waals surface area contributed by atoms with E-state index >= 15 is 0 Å². The van der Waals surface area contributed by atoms with Crippen LogP contribution in [0.2, 0.25) is 0 Å². The number of rotatable bonds is 3. The summed E-state index contributed by atoms with van der Waals surface area (Å²) >= 11 is 0. The highest BCUT2D eigenvalue weighted by atomic mass is 19.4. The number of amides is 1. The van der Waals surface area contributed by atoms with E-state index in [1.807, 2.05) is 0 Å². The summed E-state index contributed by atoms with van der Waals surface area (Å²) in [5.74, 6) is -0.409. The molecule has 0 spiro atoms. The van der Waals surface area contributed by atoms with Crippen molar-refractivity contribution in [1.82, 2.24) is 15.0 Å². The summed E-state index contributed by atoms with van der Waals surface area (Å²) in [7, 11) is 0. The smallest absolute Gasteiger partial charge is 0.368 e. The van der Waals surface area contributed by atoms with Crippen molar-refractivity contribution in [2.24, 2.45) is 0 Å². The van der Waals surface area contributed by atoms with Crippen molar-refractivity contribution in [3.63, 3.8) is 0 Å². The van der Waals surface area contributed by atoms with Crippen LogP contribution in [-0.4, -0.2) is 46.7 Å². The molecule has 0 aliphatic carbocycles. The molecule has 4 rings (SSSR count). The molecule has 2 saturated heterocycles. The van der Waals surface area contributed by atoms with Crippen molar-refractivity contribution in [1.29, 1.82) is 0 Å². The standard InChI is InChI=1S/C19H22F3N3O3/c1-2-12-9-13(19(20,21)22)15-16(24-28-17(15)23-12)11-5-3-7-25(10-11)18(26)14-6-4-8-27-14/h9,11,14H,2-8,10H2,1H3/t11-,14+/m0/s1. The van der Waals surface area contributed by atoms with Gasteiger partial charge < -0.3 is 14.2 Å². The molecule has 2 fully saturated rings. The van der Waals surface area contributed by atoms with Gasteiger partial charge in [-0.2, -0.15) is 13.2 Å². The predicted molar refractivity (Wildman–Crippen MR) is 93.7 cm³/mol. The SMILES string of the molecule is CCc1cc(C(F)(F)F)c2c([C@H]3CCCN(C(=O)[C@H]4CCCO4)C3)noc2n1. The average Bonchev–Trinajstić information content (AvgIpc) is 3.35. The molecule has 4 heterocycles. The molecule has 9 heteroatoms. The van der Waals surface area contributed by atoms with Crippen molar-refractivity contribution in [2.75, 3.05) is 19.7 Å². The van der Waals surface area contributed by atoms with E-state index in [1.54, 1.807) is 11.8 Å². The summed E-state index contributed by atoms with van der Waals surface area (Å²) in [4.78, 5) is 18.5. The van der Waals surface area contributed by atoms with Gasteiger partial charge in [-0.1, -0.05) is 12.1 Å². The van der Waals surface area contributed by atoms with Gasteiger partial charge in [0, 0.05) is 31.3 Å². The first-order chi connectivity index (χ1) is 13.4. The lowest BCUT2D eigenvalue weighted by molar-refractivity contribution is -0.142. The van der Waals surface area contributed by atoms with Crippen molar-refractivity contribution in [3.05, 3.63) is 23.0 Å². The second-order valence-electron chi connectivity index (χ2n) is 7.39. The Kier molecular flexibility index (Phi) is 5.03. The number of alkyl halides is 3. The lowest BCUT2D eigenvalue weighted by atomic mass is 9.91.